The molecule has 1 saturated carbocycles. The van der Waals surface area contributed by atoms with E-state index in [0.717, 1.165) is 31.2 Å². The molecule has 146 valence electrons. The van der Waals surface area contributed by atoms with Gasteiger partial charge in [0.25, 0.3) is 0 Å². The van der Waals surface area contributed by atoms with E-state index in [0.29, 0.717) is 5.84 Å². The number of hydrazine groups is 1. The van der Waals surface area contributed by atoms with E-state index in [2.05, 4.69) is 51.9 Å². The predicted molar refractivity (Wildman–Crippen MR) is 105 cm³/mol. The maximum absolute atomic E-state index is 11.1. The lowest BCUT2D eigenvalue weighted by Gasteiger charge is -2.19. The molecular formula is C19H28N6O2. The van der Waals surface area contributed by atoms with Gasteiger partial charge in [0.2, 0.25) is 0 Å². The molecule has 0 saturated heterocycles. The first-order valence-corrected chi connectivity index (χ1v) is 9.07. The highest BCUT2D eigenvalue weighted by Gasteiger charge is 2.31. The Morgan fingerprint density at radius 2 is 2.00 bits per heavy atom. The number of aromatic nitrogens is 2. The zero-order chi connectivity index (χ0) is 19.6. The Kier molecular flexibility index (Phi) is 7.81. The second kappa shape index (κ2) is 10.3. The van der Waals surface area contributed by atoms with Crippen molar-refractivity contribution in [2.24, 2.45) is 28.6 Å². The molecule has 1 heterocycles. The van der Waals surface area contributed by atoms with Crippen molar-refractivity contribution in [1.82, 2.24) is 15.6 Å². The SMILES string of the molecule is Cc1ccc(-c2cn[nH]c2)cc1.N/N=C(/CC(C(=O)O)C1CCCC1)NN. The van der Waals surface area contributed by atoms with E-state index in [-0.39, 0.29) is 12.3 Å². The monoisotopic (exact) mass is 372 g/mol. The molecule has 1 aliphatic rings. The summed E-state index contributed by atoms with van der Waals surface area (Å²) in [5, 5.41) is 19.2. The van der Waals surface area contributed by atoms with E-state index >= 15 is 0 Å². The number of carboxylic acids is 1. The summed E-state index contributed by atoms with van der Waals surface area (Å²) in [6, 6.07) is 8.39. The van der Waals surface area contributed by atoms with Crippen molar-refractivity contribution in [1.29, 1.82) is 0 Å². The molecule has 8 nitrogen and oxygen atoms in total. The van der Waals surface area contributed by atoms with E-state index in [9.17, 15) is 4.79 Å². The standard InChI is InChI=1S/C10H10N2.C9H18N4O2/c1-8-2-4-9(5-3-8)10-6-11-12-7-10;10-12-8(13-11)5-7(9(14)15)6-3-1-2-4-6/h2-7H,1H3,(H,11,12);6-7H,1-5,10-11H2,(H,12,13)(H,14,15). The third-order valence-corrected chi connectivity index (χ3v) is 4.90. The number of aryl methyl sites for hydroxylation is 1. The van der Waals surface area contributed by atoms with E-state index in [1.807, 2.05) is 12.4 Å². The minimum absolute atomic E-state index is 0.229. The highest BCUT2D eigenvalue weighted by Crippen LogP contribution is 2.33. The number of carboxylic acid groups (broad SMARTS) is 1. The average Bonchev–Trinajstić information content (AvgIpc) is 3.38. The summed E-state index contributed by atoms with van der Waals surface area (Å²) < 4.78 is 0. The third-order valence-electron chi connectivity index (χ3n) is 4.90. The summed E-state index contributed by atoms with van der Waals surface area (Å²) >= 11 is 0. The van der Waals surface area contributed by atoms with E-state index in [4.69, 9.17) is 16.8 Å². The number of hydrazone groups is 1. The van der Waals surface area contributed by atoms with Gasteiger partial charge in [0.1, 0.15) is 5.84 Å². The Morgan fingerprint density at radius 1 is 1.33 bits per heavy atom. The number of nitrogens with one attached hydrogen (secondary N) is 2. The molecule has 3 rings (SSSR count). The van der Waals surface area contributed by atoms with Gasteiger partial charge in [0.15, 0.2) is 0 Å². The maximum atomic E-state index is 11.1. The zero-order valence-corrected chi connectivity index (χ0v) is 15.6. The normalized spacial score (nSPS) is 15.7. The van der Waals surface area contributed by atoms with E-state index in [1.54, 1.807) is 0 Å². The van der Waals surface area contributed by atoms with Crippen LogP contribution < -0.4 is 17.1 Å². The minimum Gasteiger partial charge on any atom is -0.481 e. The van der Waals surface area contributed by atoms with Crippen molar-refractivity contribution in [3.63, 3.8) is 0 Å². The maximum Gasteiger partial charge on any atom is 0.307 e. The van der Waals surface area contributed by atoms with Crippen LogP contribution in [0.1, 0.15) is 37.7 Å². The summed E-state index contributed by atoms with van der Waals surface area (Å²) in [5.74, 6) is 9.61. The van der Waals surface area contributed by atoms with Crippen LogP contribution in [0.5, 0.6) is 0 Å². The molecule has 1 fully saturated rings. The lowest BCUT2D eigenvalue weighted by molar-refractivity contribution is -0.143. The lowest BCUT2D eigenvalue weighted by atomic mass is 9.88. The average molecular weight is 372 g/mol. The number of amidine groups is 1. The Bertz CT molecular complexity index is 721. The second-order valence-electron chi connectivity index (χ2n) is 6.77. The molecule has 8 heteroatoms. The number of carbonyl (C=O) groups is 1. The Labute approximate surface area is 159 Å². The number of aliphatic carboxylic acids is 1. The summed E-state index contributed by atoms with van der Waals surface area (Å²) in [5.41, 5.74) is 5.94. The highest BCUT2D eigenvalue weighted by molar-refractivity contribution is 5.86. The van der Waals surface area contributed by atoms with Crippen molar-refractivity contribution < 1.29 is 9.90 Å². The van der Waals surface area contributed by atoms with Crippen molar-refractivity contribution in [3.8, 4) is 11.1 Å². The molecule has 1 aromatic heterocycles. The van der Waals surface area contributed by atoms with Gasteiger partial charge in [-0.1, -0.05) is 42.7 Å². The summed E-state index contributed by atoms with van der Waals surface area (Å²) in [6.45, 7) is 2.08. The van der Waals surface area contributed by atoms with Crippen LogP contribution in [-0.2, 0) is 4.79 Å². The van der Waals surface area contributed by atoms with E-state index < -0.39 is 11.9 Å². The molecule has 1 aromatic carbocycles. The van der Waals surface area contributed by atoms with Crippen LogP contribution in [0.2, 0.25) is 0 Å². The number of hydrogen-bond donors (Lipinski definition) is 5. The van der Waals surface area contributed by atoms with Crippen LogP contribution in [0.3, 0.4) is 0 Å². The molecule has 1 unspecified atom stereocenters. The molecular weight excluding hydrogens is 344 g/mol. The van der Waals surface area contributed by atoms with Gasteiger partial charge in [-0.15, -0.1) is 0 Å². The Morgan fingerprint density at radius 3 is 2.48 bits per heavy atom. The number of hydrogen-bond acceptors (Lipinski definition) is 5. The number of H-pyrrole nitrogens is 1. The van der Waals surface area contributed by atoms with Gasteiger partial charge < -0.3 is 16.4 Å². The number of nitrogens with zero attached hydrogens (tertiary/aromatic N) is 2. The minimum atomic E-state index is -0.793. The molecule has 0 amide bonds. The van der Waals surface area contributed by atoms with E-state index in [1.165, 1.54) is 11.1 Å². The van der Waals surface area contributed by atoms with Gasteiger partial charge in [-0.05, 0) is 31.2 Å². The zero-order valence-electron chi connectivity index (χ0n) is 15.6. The van der Waals surface area contributed by atoms with Gasteiger partial charge in [0.05, 0.1) is 12.1 Å². The highest BCUT2D eigenvalue weighted by atomic mass is 16.4. The quantitative estimate of drug-likeness (QED) is 0.236. The summed E-state index contributed by atoms with van der Waals surface area (Å²) in [7, 11) is 0. The van der Waals surface area contributed by atoms with Crippen molar-refractivity contribution in [2.45, 2.75) is 39.0 Å². The van der Waals surface area contributed by atoms with Gasteiger partial charge in [-0.2, -0.15) is 10.2 Å². The molecule has 0 bridgehead atoms. The number of rotatable bonds is 5. The molecule has 27 heavy (non-hydrogen) atoms. The fraction of sp³-hybridized carbons (Fsp3) is 0.421. The Balaban J connectivity index is 0.000000198. The van der Waals surface area contributed by atoms with Crippen LogP contribution in [0.4, 0.5) is 0 Å². The number of aromatic amines is 1. The molecule has 1 aliphatic carbocycles. The second-order valence-corrected chi connectivity index (χ2v) is 6.77. The Hall–Kier alpha value is -2.87. The fourth-order valence-corrected chi connectivity index (χ4v) is 3.33. The van der Waals surface area contributed by atoms with Gasteiger partial charge in [0, 0.05) is 18.2 Å². The predicted octanol–water partition coefficient (Wildman–Crippen LogP) is 2.39. The first-order chi connectivity index (χ1) is 13.0. The third kappa shape index (κ3) is 6.10. The van der Waals surface area contributed by atoms with Crippen LogP contribution in [0.25, 0.3) is 11.1 Å². The first-order valence-electron chi connectivity index (χ1n) is 9.07. The van der Waals surface area contributed by atoms with Crippen LogP contribution in [0.15, 0.2) is 41.8 Å². The lowest BCUT2D eigenvalue weighted by Crippen LogP contribution is -2.36. The largest absolute Gasteiger partial charge is 0.481 e. The smallest absolute Gasteiger partial charge is 0.307 e. The molecule has 1 atom stereocenters. The molecule has 0 radical (unpaired) electrons. The summed E-state index contributed by atoms with van der Waals surface area (Å²) in [6.07, 6.45) is 8.17. The topological polar surface area (TPSA) is 142 Å². The first kappa shape index (κ1) is 20.4. The van der Waals surface area contributed by atoms with Crippen LogP contribution in [0, 0.1) is 18.8 Å². The molecule has 2 aromatic rings. The van der Waals surface area contributed by atoms with Crippen molar-refractivity contribution in [3.05, 3.63) is 42.2 Å². The van der Waals surface area contributed by atoms with Crippen LogP contribution in [-0.4, -0.2) is 27.1 Å². The van der Waals surface area contributed by atoms with Crippen molar-refractivity contribution in [2.75, 3.05) is 0 Å². The van der Waals surface area contributed by atoms with Gasteiger partial charge >= 0.3 is 5.97 Å². The summed E-state index contributed by atoms with van der Waals surface area (Å²) in [4.78, 5) is 11.1. The number of nitrogens with two attached hydrogens (primary N) is 2. The van der Waals surface area contributed by atoms with Crippen molar-refractivity contribution >= 4 is 11.8 Å². The number of benzene rings is 1. The van der Waals surface area contributed by atoms with Crippen LogP contribution >= 0.6 is 0 Å². The molecule has 7 N–H and O–H groups in total. The van der Waals surface area contributed by atoms with Gasteiger partial charge in [-0.3, -0.25) is 9.89 Å². The molecule has 0 aliphatic heterocycles. The fourth-order valence-electron chi connectivity index (χ4n) is 3.33. The molecule has 0 spiro atoms. The van der Waals surface area contributed by atoms with Gasteiger partial charge in [-0.25, -0.2) is 5.84 Å².